The number of fused-ring (bicyclic) bond motifs is 1. The Bertz CT molecular complexity index is 1280. The van der Waals surface area contributed by atoms with E-state index in [4.69, 9.17) is 0 Å². The number of nitrogens with one attached hydrogen (secondary N) is 3. The van der Waals surface area contributed by atoms with Crippen molar-refractivity contribution in [2.75, 3.05) is 25.0 Å². The second kappa shape index (κ2) is 20.8. The Balaban J connectivity index is 0.000000934. The maximum atomic E-state index is 13.9. The Hall–Kier alpha value is -4.04. The number of rotatable bonds is 7. The summed E-state index contributed by atoms with van der Waals surface area (Å²) in [5.74, 6) is -0.155. The van der Waals surface area contributed by atoms with Gasteiger partial charge in [0.25, 0.3) is 0 Å². The minimum absolute atomic E-state index is 0.00461. The molecule has 2 aromatic carbocycles. The summed E-state index contributed by atoms with van der Waals surface area (Å²) in [7, 11) is 0. The van der Waals surface area contributed by atoms with Crippen LogP contribution in [0.4, 0.5) is 14.9 Å². The van der Waals surface area contributed by atoms with Crippen molar-refractivity contribution in [1.82, 2.24) is 20.5 Å². The first-order chi connectivity index (χ1) is 21.9. The molecule has 3 N–H and O–H groups in total. The number of benzene rings is 2. The molecule has 244 valence electrons. The number of para-hydroxylation sites is 1. The fourth-order valence-electron chi connectivity index (χ4n) is 5.64. The molecule has 7 nitrogen and oxygen atoms in total. The van der Waals surface area contributed by atoms with Gasteiger partial charge in [0, 0.05) is 49.2 Å². The molecule has 1 fully saturated rings. The molecule has 8 heteroatoms. The number of carbonyl (C=O) groups excluding carboxylic acids is 2. The number of pyridine rings is 1. The summed E-state index contributed by atoms with van der Waals surface area (Å²) in [5.41, 5.74) is 3.99. The molecule has 0 bridgehead atoms. The molecule has 1 saturated heterocycles. The zero-order chi connectivity index (χ0) is 33.0. The Morgan fingerprint density at radius 1 is 0.978 bits per heavy atom. The maximum Gasteiger partial charge on any atom is 0.319 e. The van der Waals surface area contributed by atoms with E-state index in [-0.39, 0.29) is 35.8 Å². The van der Waals surface area contributed by atoms with Gasteiger partial charge in [-0.05, 0) is 86.1 Å². The van der Waals surface area contributed by atoms with E-state index in [9.17, 15) is 14.0 Å². The van der Waals surface area contributed by atoms with Crippen molar-refractivity contribution < 1.29 is 14.0 Å². The van der Waals surface area contributed by atoms with Crippen LogP contribution in [0.15, 0.2) is 85.7 Å². The van der Waals surface area contributed by atoms with Gasteiger partial charge in [0.1, 0.15) is 5.82 Å². The number of nitrogens with zero attached hydrogens (tertiary/aromatic N) is 2. The predicted molar refractivity (Wildman–Crippen MR) is 184 cm³/mol. The lowest BCUT2D eigenvalue weighted by Crippen LogP contribution is -2.50. The molecule has 3 amide bonds. The number of hydrogen-bond acceptors (Lipinski definition) is 4. The smallest absolute Gasteiger partial charge is 0.319 e. The zero-order valence-corrected chi connectivity index (χ0v) is 27.7. The highest BCUT2D eigenvalue weighted by molar-refractivity contribution is 5.89. The van der Waals surface area contributed by atoms with Gasteiger partial charge in [-0.15, -0.1) is 6.58 Å². The van der Waals surface area contributed by atoms with Gasteiger partial charge in [0.15, 0.2) is 0 Å². The summed E-state index contributed by atoms with van der Waals surface area (Å²) >= 11 is 0. The third-order valence-electron chi connectivity index (χ3n) is 7.56. The van der Waals surface area contributed by atoms with Crippen LogP contribution >= 0.6 is 0 Å². The average molecular weight is 618 g/mol. The first-order valence-electron chi connectivity index (χ1n) is 16.3. The monoisotopic (exact) mass is 617 g/mol. The van der Waals surface area contributed by atoms with E-state index >= 15 is 0 Å². The molecule has 2 heterocycles. The van der Waals surface area contributed by atoms with Crippen molar-refractivity contribution in [3.63, 3.8) is 0 Å². The van der Waals surface area contributed by atoms with Crippen LogP contribution in [0.3, 0.4) is 0 Å². The highest BCUT2D eigenvalue weighted by Gasteiger charge is 2.32. The lowest BCUT2D eigenvalue weighted by molar-refractivity contribution is -0.123. The minimum Gasteiger partial charge on any atom is -0.352 e. The molecule has 1 aromatic heterocycles. The SMILES string of the molecule is C=CC.CC.CC.O=C(CN1CCC(NC(=O)Nc2ccccc2)CC1)NC1CCc2cc(F)ccc2C1Cc1cccnc1. The number of aryl methyl sites for hydroxylation is 1. The number of halogens is 1. The number of amides is 3. The van der Waals surface area contributed by atoms with Gasteiger partial charge in [0.2, 0.25) is 5.91 Å². The van der Waals surface area contributed by atoms with E-state index < -0.39 is 0 Å². The standard InChI is InChI=1S/C30H34FN5O2.C3H6.2C2H6/c31-23-9-10-26-22(18-23)8-11-28(27(26)17-21-5-4-14-32-19-21)35-29(37)20-36-15-12-25(13-16-36)34-30(38)33-24-6-2-1-3-7-24;1-3-2;2*1-2/h1-7,9-10,14,18-19,25,27-28H,8,11-13,15-17,20H2,(H,35,37)(H2,33,34,38);3H,1H2,2H3;2*1-2H3. The first-order valence-corrected chi connectivity index (χ1v) is 16.3. The van der Waals surface area contributed by atoms with E-state index in [1.165, 1.54) is 6.07 Å². The summed E-state index contributed by atoms with van der Waals surface area (Å²) in [4.78, 5) is 31.8. The van der Waals surface area contributed by atoms with E-state index in [1.807, 2.05) is 89.3 Å². The molecule has 0 radical (unpaired) electrons. The normalized spacial score (nSPS) is 17.3. The highest BCUT2D eigenvalue weighted by atomic mass is 19.1. The van der Waals surface area contributed by atoms with Crippen LogP contribution < -0.4 is 16.0 Å². The molecule has 3 aromatic rings. The molecule has 2 aliphatic rings. The molecule has 1 aliphatic carbocycles. The number of piperidine rings is 1. The topological polar surface area (TPSA) is 86.4 Å². The molecule has 2 atom stereocenters. The van der Waals surface area contributed by atoms with Gasteiger partial charge >= 0.3 is 6.03 Å². The molecule has 5 rings (SSSR count). The van der Waals surface area contributed by atoms with Crippen LogP contribution in [0, 0.1) is 5.82 Å². The number of urea groups is 1. The van der Waals surface area contributed by atoms with Crippen LogP contribution in [-0.4, -0.2) is 53.5 Å². The molecule has 0 saturated carbocycles. The predicted octanol–water partition coefficient (Wildman–Crippen LogP) is 7.51. The average Bonchev–Trinajstić information content (AvgIpc) is 3.06. The zero-order valence-electron chi connectivity index (χ0n) is 27.7. The number of likely N-dealkylation sites (tertiary alicyclic amines) is 1. The van der Waals surface area contributed by atoms with Crippen molar-refractivity contribution in [3.05, 3.63) is 108 Å². The Kier molecular flexibility index (Phi) is 17.2. The quantitative estimate of drug-likeness (QED) is 0.240. The van der Waals surface area contributed by atoms with E-state index in [2.05, 4.69) is 32.4 Å². The molecule has 2 unspecified atom stereocenters. The lowest BCUT2D eigenvalue weighted by Gasteiger charge is -2.36. The molecule has 45 heavy (non-hydrogen) atoms. The van der Waals surface area contributed by atoms with Gasteiger partial charge < -0.3 is 16.0 Å². The van der Waals surface area contributed by atoms with Crippen molar-refractivity contribution in [1.29, 1.82) is 0 Å². The molecule has 0 spiro atoms. The van der Waals surface area contributed by atoms with Gasteiger partial charge in [-0.1, -0.05) is 64.1 Å². The van der Waals surface area contributed by atoms with E-state index in [0.29, 0.717) is 6.54 Å². The van der Waals surface area contributed by atoms with Crippen molar-refractivity contribution in [2.45, 2.75) is 84.7 Å². The number of aromatic nitrogens is 1. The van der Waals surface area contributed by atoms with Crippen molar-refractivity contribution in [3.8, 4) is 0 Å². The second-order valence-electron chi connectivity index (χ2n) is 10.7. The van der Waals surface area contributed by atoms with Gasteiger partial charge in [-0.2, -0.15) is 0 Å². The number of anilines is 1. The van der Waals surface area contributed by atoms with Crippen LogP contribution in [0.5, 0.6) is 0 Å². The summed E-state index contributed by atoms with van der Waals surface area (Å²) in [5, 5.41) is 9.19. The number of allylic oxidation sites excluding steroid dienone is 1. The van der Waals surface area contributed by atoms with Crippen LogP contribution in [0.2, 0.25) is 0 Å². The number of hydrogen-bond donors (Lipinski definition) is 3. The second-order valence-corrected chi connectivity index (χ2v) is 10.7. The fourth-order valence-corrected chi connectivity index (χ4v) is 5.64. The van der Waals surface area contributed by atoms with E-state index in [1.54, 1.807) is 18.3 Å². The van der Waals surface area contributed by atoms with Crippen LogP contribution in [0.25, 0.3) is 0 Å². The van der Waals surface area contributed by atoms with Crippen molar-refractivity contribution >= 4 is 17.6 Å². The summed E-state index contributed by atoms with van der Waals surface area (Å²) in [6.45, 7) is 15.1. The van der Waals surface area contributed by atoms with Crippen LogP contribution in [0.1, 0.15) is 76.5 Å². The minimum atomic E-state index is -0.221. The fraction of sp³-hybridized carbons (Fsp3) is 0.432. The van der Waals surface area contributed by atoms with Crippen LogP contribution in [-0.2, 0) is 17.6 Å². The Morgan fingerprint density at radius 3 is 2.31 bits per heavy atom. The first kappa shape index (κ1) is 37.1. The van der Waals surface area contributed by atoms with Gasteiger partial charge in [-0.25, -0.2) is 9.18 Å². The number of carbonyl (C=O) groups is 2. The van der Waals surface area contributed by atoms with E-state index in [0.717, 1.165) is 67.6 Å². The summed E-state index contributed by atoms with van der Waals surface area (Å²) in [6, 6.07) is 18.2. The van der Waals surface area contributed by atoms with Gasteiger partial charge in [-0.3, -0.25) is 14.7 Å². The highest BCUT2D eigenvalue weighted by Crippen LogP contribution is 2.35. The summed E-state index contributed by atoms with van der Waals surface area (Å²) < 4.78 is 13.9. The van der Waals surface area contributed by atoms with Gasteiger partial charge in [0.05, 0.1) is 6.54 Å². The largest absolute Gasteiger partial charge is 0.352 e. The van der Waals surface area contributed by atoms with Crippen molar-refractivity contribution in [2.24, 2.45) is 0 Å². The molecule has 1 aliphatic heterocycles. The third kappa shape index (κ3) is 12.5. The Morgan fingerprint density at radius 2 is 1.67 bits per heavy atom. The Labute approximate surface area is 269 Å². The molecular formula is C37H52FN5O2. The summed E-state index contributed by atoms with van der Waals surface area (Å²) in [6.07, 6.45) is 9.19. The molecular weight excluding hydrogens is 565 g/mol. The maximum absolute atomic E-state index is 13.9. The lowest BCUT2D eigenvalue weighted by atomic mass is 9.76. The third-order valence-corrected chi connectivity index (χ3v) is 7.56.